The smallest absolute Gasteiger partial charge is 0.406 e. The molecule has 0 spiro atoms. The number of H-pyrrole nitrogens is 1. The van der Waals surface area contributed by atoms with Crippen molar-refractivity contribution in [2.75, 3.05) is 5.32 Å². The van der Waals surface area contributed by atoms with Crippen molar-refractivity contribution in [2.45, 2.75) is 12.3 Å². The van der Waals surface area contributed by atoms with Crippen LogP contribution in [0.3, 0.4) is 0 Å². The minimum Gasteiger partial charge on any atom is -0.406 e. The molecule has 0 fully saturated rings. The highest BCUT2D eigenvalue weighted by atomic mass is 16.4. The van der Waals surface area contributed by atoms with Gasteiger partial charge in [0.2, 0.25) is 5.91 Å². The van der Waals surface area contributed by atoms with E-state index in [1.165, 1.54) is 0 Å². The van der Waals surface area contributed by atoms with Gasteiger partial charge in [0, 0.05) is 12.3 Å². The van der Waals surface area contributed by atoms with Crippen LogP contribution in [0.4, 0.5) is 5.69 Å². The van der Waals surface area contributed by atoms with E-state index < -0.39 is 5.76 Å². The summed E-state index contributed by atoms with van der Waals surface area (Å²) in [6.07, 6.45) is 0.277. The Morgan fingerprint density at radius 3 is 2.15 bits per heavy atom. The van der Waals surface area contributed by atoms with E-state index in [2.05, 4.69) is 10.3 Å². The third-order valence-corrected chi connectivity index (χ3v) is 4.51. The van der Waals surface area contributed by atoms with Gasteiger partial charge >= 0.3 is 5.76 Å². The summed E-state index contributed by atoms with van der Waals surface area (Å²) in [5.41, 5.74) is 3.54. The molecule has 2 N–H and O–H groups in total. The second-order valence-corrected chi connectivity index (χ2v) is 6.32. The van der Waals surface area contributed by atoms with Gasteiger partial charge in [-0.1, -0.05) is 66.7 Å². The van der Waals surface area contributed by atoms with Gasteiger partial charge in [0.15, 0.2) is 5.58 Å². The molecule has 4 rings (SSSR count). The number of anilines is 1. The lowest BCUT2D eigenvalue weighted by Gasteiger charge is -2.18. The second-order valence-electron chi connectivity index (χ2n) is 6.32. The third kappa shape index (κ3) is 3.67. The van der Waals surface area contributed by atoms with E-state index in [-0.39, 0.29) is 18.2 Å². The van der Waals surface area contributed by atoms with Gasteiger partial charge in [0.25, 0.3) is 0 Å². The Balaban J connectivity index is 1.61. The Kier molecular flexibility index (Phi) is 4.58. The zero-order chi connectivity index (χ0) is 18.6. The van der Waals surface area contributed by atoms with Crippen LogP contribution in [0, 0.1) is 0 Å². The largest absolute Gasteiger partial charge is 0.417 e. The SMILES string of the molecule is O=C(CC(c1ccccc1)c1ccccc1)Nc1cccc2[nH]c(=O)oc12. The summed E-state index contributed by atoms with van der Waals surface area (Å²) < 4.78 is 5.15. The first-order valence-electron chi connectivity index (χ1n) is 8.72. The van der Waals surface area contributed by atoms with E-state index in [0.717, 1.165) is 11.1 Å². The van der Waals surface area contributed by atoms with E-state index in [0.29, 0.717) is 16.8 Å². The van der Waals surface area contributed by atoms with E-state index >= 15 is 0 Å². The van der Waals surface area contributed by atoms with Gasteiger partial charge in [0.1, 0.15) is 0 Å². The van der Waals surface area contributed by atoms with Crippen LogP contribution in [0.1, 0.15) is 23.5 Å². The molecular formula is C22H18N2O3. The van der Waals surface area contributed by atoms with E-state index in [4.69, 9.17) is 4.42 Å². The van der Waals surface area contributed by atoms with E-state index in [9.17, 15) is 9.59 Å². The maximum atomic E-state index is 12.8. The number of oxazole rings is 1. The lowest BCUT2D eigenvalue weighted by molar-refractivity contribution is -0.116. The molecule has 5 nitrogen and oxygen atoms in total. The minimum absolute atomic E-state index is 0.0650. The maximum absolute atomic E-state index is 12.8. The second kappa shape index (κ2) is 7.33. The summed E-state index contributed by atoms with van der Waals surface area (Å²) >= 11 is 0. The average Bonchev–Trinajstić information content (AvgIpc) is 3.09. The van der Waals surface area contributed by atoms with Gasteiger partial charge in [-0.3, -0.25) is 9.78 Å². The number of fused-ring (bicyclic) bond motifs is 1. The number of benzene rings is 3. The summed E-state index contributed by atoms with van der Waals surface area (Å²) in [6, 6.07) is 25.1. The normalized spacial score (nSPS) is 11.0. The van der Waals surface area contributed by atoms with Crippen molar-refractivity contribution < 1.29 is 9.21 Å². The molecule has 0 unspecified atom stereocenters. The van der Waals surface area contributed by atoms with Crippen molar-refractivity contribution in [3.63, 3.8) is 0 Å². The summed E-state index contributed by atoms with van der Waals surface area (Å²) in [7, 11) is 0. The van der Waals surface area contributed by atoms with E-state index in [1.54, 1.807) is 18.2 Å². The van der Waals surface area contributed by atoms with Crippen molar-refractivity contribution in [1.29, 1.82) is 0 Å². The van der Waals surface area contributed by atoms with Crippen LogP contribution in [0.15, 0.2) is 88.1 Å². The van der Waals surface area contributed by atoms with Crippen molar-refractivity contribution >= 4 is 22.7 Å². The molecule has 0 radical (unpaired) electrons. The summed E-state index contributed by atoms with van der Waals surface area (Å²) in [5.74, 6) is -0.757. The Bertz CT molecular complexity index is 1070. The fraction of sp³-hybridized carbons (Fsp3) is 0.0909. The van der Waals surface area contributed by atoms with Gasteiger partial charge in [-0.25, -0.2) is 4.79 Å². The molecule has 1 aromatic heterocycles. The molecule has 0 aliphatic carbocycles. The molecular weight excluding hydrogens is 340 g/mol. The molecule has 5 heteroatoms. The zero-order valence-electron chi connectivity index (χ0n) is 14.5. The molecule has 3 aromatic carbocycles. The van der Waals surface area contributed by atoms with Gasteiger partial charge in [0.05, 0.1) is 11.2 Å². The predicted molar refractivity (Wildman–Crippen MR) is 105 cm³/mol. The lowest BCUT2D eigenvalue weighted by Crippen LogP contribution is -2.16. The van der Waals surface area contributed by atoms with Gasteiger partial charge in [-0.15, -0.1) is 0 Å². The first kappa shape index (κ1) is 16.8. The Morgan fingerprint density at radius 1 is 0.889 bits per heavy atom. The Hall–Kier alpha value is -3.60. The first-order valence-corrected chi connectivity index (χ1v) is 8.72. The highest BCUT2D eigenvalue weighted by Crippen LogP contribution is 2.29. The highest BCUT2D eigenvalue weighted by molar-refractivity contribution is 5.98. The number of aromatic nitrogens is 1. The number of hydrogen-bond donors (Lipinski definition) is 2. The topological polar surface area (TPSA) is 75.1 Å². The summed E-state index contributed by atoms with van der Waals surface area (Å²) in [4.78, 5) is 26.8. The Labute approximate surface area is 155 Å². The van der Waals surface area contributed by atoms with Crippen LogP contribution in [0.5, 0.6) is 0 Å². The molecule has 0 saturated carbocycles. The van der Waals surface area contributed by atoms with Crippen molar-refractivity contribution in [3.05, 3.63) is 101 Å². The molecule has 0 aliphatic rings. The predicted octanol–water partition coefficient (Wildman–Crippen LogP) is 4.28. The number of nitrogens with one attached hydrogen (secondary N) is 2. The van der Waals surface area contributed by atoms with E-state index in [1.807, 2.05) is 60.7 Å². The fourth-order valence-corrected chi connectivity index (χ4v) is 3.26. The van der Waals surface area contributed by atoms with Gasteiger partial charge in [-0.2, -0.15) is 0 Å². The lowest BCUT2D eigenvalue weighted by atomic mass is 9.88. The number of hydrogen-bond acceptors (Lipinski definition) is 3. The Morgan fingerprint density at radius 2 is 1.52 bits per heavy atom. The molecule has 0 atom stereocenters. The monoisotopic (exact) mass is 358 g/mol. The molecule has 0 aliphatic heterocycles. The molecule has 0 saturated heterocycles. The number of carbonyl (C=O) groups is 1. The third-order valence-electron chi connectivity index (χ3n) is 4.51. The fourth-order valence-electron chi connectivity index (χ4n) is 3.26. The molecule has 1 heterocycles. The number of amides is 1. The number of rotatable bonds is 5. The van der Waals surface area contributed by atoms with Crippen molar-refractivity contribution in [2.24, 2.45) is 0 Å². The average molecular weight is 358 g/mol. The van der Waals surface area contributed by atoms with Crippen LogP contribution in [0.25, 0.3) is 11.1 Å². The number of carbonyl (C=O) groups excluding carboxylic acids is 1. The zero-order valence-corrected chi connectivity index (χ0v) is 14.5. The van der Waals surface area contributed by atoms with Crippen molar-refractivity contribution in [1.82, 2.24) is 4.98 Å². The molecule has 1 amide bonds. The van der Waals surface area contributed by atoms with Crippen LogP contribution >= 0.6 is 0 Å². The quantitative estimate of drug-likeness (QED) is 0.559. The molecule has 0 bridgehead atoms. The first-order chi connectivity index (χ1) is 13.2. The van der Waals surface area contributed by atoms with Gasteiger partial charge < -0.3 is 9.73 Å². The standard InChI is InChI=1S/C22H18N2O3/c25-20(23-18-12-7-13-19-21(18)27-22(26)24-19)14-17(15-8-3-1-4-9-15)16-10-5-2-6-11-16/h1-13,17H,14H2,(H,23,25)(H,24,26). The number of aromatic amines is 1. The molecule has 134 valence electrons. The maximum Gasteiger partial charge on any atom is 0.417 e. The van der Waals surface area contributed by atoms with Crippen LogP contribution in [-0.4, -0.2) is 10.9 Å². The van der Waals surface area contributed by atoms with Crippen LogP contribution in [0.2, 0.25) is 0 Å². The van der Waals surface area contributed by atoms with Crippen LogP contribution in [-0.2, 0) is 4.79 Å². The van der Waals surface area contributed by atoms with Crippen molar-refractivity contribution in [3.8, 4) is 0 Å². The minimum atomic E-state index is -0.543. The molecule has 27 heavy (non-hydrogen) atoms. The van der Waals surface area contributed by atoms with Gasteiger partial charge in [-0.05, 0) is 23.3 Å². The number of para-hydroxylation sites is 1. The molecule has 4 aromatic rings. The highest BCUT2D eigenvalue weighted by Gasteiger charge is 2.19. The van der Waals surface area contributed by atoms with Crippen LogP contribution < -0.4 is 11.1 Å². The summed E-state index contributed by atoms with van der Waals surface area (Å²) in [5, 5.41) is 2.88. The summed E-state index contributed by atoms with van der Waals surface area (Å²) in [6.45, 7) is 0.